The fourth-order valence-electron chi connectivity index (χ4n) is 1.79. The van der Waals surface area contributed by atoms with Crippen LogP contribution in [0.5, 0.6) is 0 Å². The van der Waals surface area contributed by atoms with Gasteiger partial charge in [0, 0.05) is 0 Å². The minimum atomic E-state index is -4.41. The van der Waals surface area contributed by atoms with Gasteiger partial charge >= 0.3 is 6.18 Å². The molecular weight excluding hydrogens is 324 g/mol. The zero-order chi connectivity index (χ0) is 14.0. The van der Waals surface area contributed by atoms with Crippen LogP contribution in [0.4, 0.5) is 17.6 Å². The van der Waals surface area contributed by atoms with Crippen molar-refractivity contribution >= 4 is 15.9 Å². The summed E-state index contributed by atoms with van der Waals surface area (Å²) in [6.45, 7) is 0. The van der Waals surface area contributed by atoms with Gasteiger partial charge in [-0.15, -0.1) is 0 Å². The van der Waals surface area contributed by atoms with Crippen LogP contribution in [0.15, 0.2) is 48.5 Å². The second-order valence-corrected chi connectivity index (χ2v) is 4.91. The van der Waals surface area contributed by atoms with Gasteiger partial charge in [0.05, 0.1) is 10.4 Å². The summed E-state index contributed by atoms with van der Waals surface area (Å²) in [5.41, 5.74) is -0.0130. The highest BCUT2D eigenvalue weighted by Crippen LogP contribution is 2.39. The van der Waals surface area contributed by atoms with Gasteiger partial charge in [0.2, 0.25) is 0 Å². The first kappa shape index (κ1) is 14.1. The van der Waals surface area contributed by atoms with Crippen molar-refractivity contribution in [3.63, 3.8) is 0 Å². The van der Waals surface area contributed by atoms with E-state index in [2.05, 4.69) is 15.9 Å². The Morgan fingerprint density at radius 1 is 0.895 bits per heavy atom. The fraction of sp³-hybridized carbons (Fsp3) is 0.143. The Morgan fingerprint density at radius 2 is 1.47 bits per heavy atom. The first-order valence-corrected chi connectivity index (χ1v) is 6.37. The Hall–Kier alpha value is -1.36. The molecule has 0 aromatic heterocycles. The SMILES string of the molecule is Fc1ccc(C(Br)c2ccccc2C(F)(F)F)cc1. The van der Waals surface area contributed by atoms with Crippen molar-refractivity contribution < 1.29 is 17.6 Å². The van der Waals surface area contributed by atoms with Crippen molar-refractivity contribution in [2.75, 3.05) is 0 Å². The average Bonchev–Trinajstić information content (AvgIpc) is 2.38. The molecule has 100 valence electrons. The standard InChI is InChI=1S/C14H9BrF4/c15-13(9-5-7-10(16)8-6-9)11-3-1-2-4-12(11)14(17,18)19/h1-8,13H. The normalized spacial score (nSPS) is 13.3. The fourth-order valence-corrected chi connectivity index (χ4v) is 2.49. The lowest BCUT2D eigenvalue weighted by molar-refractivity contribution is -0.138. The van der Waals surface area contributed by atoms with Crippen LogP contribution in [-0.4, -0.2) is 0 Å². The molecule has 0 nitrogen and oxygen atoms in total. The molecule has 0 saturated heterocycles. The van der Waals surface area contributed by atoms with Crippen molar-refractivity contribution in [2.45, 2.75) is 11.0 Å². The van der Waals surface area contributed by atoms with Crippen molar-refractivity contribution in [1.29, 1.82) is 0 Å². The number of halogens is 5. The van der Waals surface area contributed by atoms with Crippen LogP contribution in [0, 0.1) is 5.82 Å². The van der Waals surface area contributed by atoms with Gasteiger partial charge in [-0.2, -0.15) is 13.2 Å². The van der Waals surface area contributed by atoms with Crippen LogP contribution in [0.25, 0.3) is 0 Å². The zero-order valence-electron chi connectivity index (χ0n) is 9.59. The molecule has 0 fully saturated rings. The summed E-state index contributed by atoms with van der Waals surface area (Å²) < 4.78 is 51.5. The lowest BCUT2D eigenvalue weighted by atomic mass is 9.99. The summed E-state index contributed by atoms with van der Waals surface area (Å²) in [6.07, 6.45) is -4.41. The van der Waals surface area contributed by atoms with E-state index >= 15 is 0 Å². The summed E-state index contributed by atoms with van der Waals surface area (Å²) in [5, 5.41) is 0. The lowest BCUT2D eigenvalue weighted by Gasteiger charge is -2.17. The maximum Gasteiger partial charge on any atom is 0.416 e. The molecule has 0 radical (unpaired) electrons. The van der Waals surface area contributed by atoms with Crippen molar-refractivity contribution in [1.82, 2.24) is 0 Å². The molecule has 0 saturated carbocycles. The molecule has 1 unspecified atom stereocenters. The molecule has 0 spiro atoms. The molecule has 2 rings (SSSR count). The molecule has 0 aliphatic rings. The van der Waals surface area contributed by atoms with Gasteiger partial charge in [0.25, 0.3) is 0 Å². The van der Waals surface area contributed by atoms with E-state index in [-0.39, 0.29) is 5.56 Å². The zero-order valence-corrected chi connectivity index (χ0v) is 11.2. The Kier molecular flexibility index (Phi) is 3.94. The van der Waals surface area contributed by atoms with E-state index in [1.165, 1.54) is 36.4 Å². The maximum absolute atomic E-state index is 12.9. The highest BCUT2D eigenvalue weighted by atomic mass is 79.9. The molecule has 19 heavy (non-hydrogen) atoms. The number of hydrogen-bond donors (Lipinski definition) is 0. The van der Waals surface area contributed by atoms with Gasteiger partial charge in [0.1, 0.15) is 5.82 Å². The summed E-state index contributed by atoms with van der Waals surface area (Å²) in [6, 6.07) is 10.7. The Balaban J connectivity index is 2.44. The van der Waals surface area contributed by atoms with Crippen LogP contribution in [0.2, 0.25) is 0 Å². The van der Waals surface area contributed by atoms with Gasteiger partial charge in [-0.25, -0.2) is 4.39 Å². The number of hydrogen-bond acceptors (Lipinski definition) is 0. The van der Waals surface area contributed by atoms with E-state index in [4.69, 9.17) is 0 Å². The highest BCUT2D eigenvalue weighted by molar-refractivity contribution is 9.09. The largest absolute Gasteiger partial charge is 0.416 e. The molecule has 1 atom stereocenters. The molecular formula is C14H9BrF4. The third-order valence-corrected chi connectivity index (χ3v) is 3.72. The van der Waals surface area contributed by atoms with Crippen molar-refractivity contribution in [2.24, 2.45) is 0 Å². The minimum absolute atomic E-state index is 0.113. The van der Waals surface area contributed by atoms with Crippen LogP contribution in [0.3, 0.4) is 0 Å². The second kappa shape index (κ2) is 5.33. The Bertz CT molecular complexity index is 560. The van der Waals surface area contributed by atoms with Crippen LogP contribution in [0.1, 0.15) is 21.5 Å². The predicted octanol–water partition coefficient (Wildman–Crippen LogP) is 5.33. The average molecular weight is 333 g/mol. The predicted molar refractivity (Wildman–Crippen MR) is 68.6 cm³/mol. The summed E-state index contributed by atoms with van der Waals surface area (Å²) >= 11 is 3.24. The highest BCUT2D eigenvalue weighted by Gasteiger charge is 2.34. The topological polar surface area (TPSA) is 0 Å². The summed E-state index contributed by atoms with van der Waals surface area (Å²) in [4.78, 5) is -0.633. The molecule has 0 heterocycles. The molecule has 0 aliphatic carbocycles. The monoisotopic (exact) mass is 332 g/mol. The minimum Gasteiger partial charge on any atom is -0.207 e. The quantitative estimate of drug-likeness (QED) is 0.515. The first-order valence-electron chi connectivity index (χ1n) is 5.45. The molecule has 0 N–H and O–H groups in total. The van der Waals surface area contributed by atoms with E-state index in [9.17, 15) is 17.6 Å². The number of alkyl halides is 4. The van der Waals surface area contributed by atoms with Gasteiger partial charge in [-0.05, 0) is 29.3 Å². The van der Waals surface area contributed by atoms with Crippen LogP contribution < -0.4 is 0 Å². The lowest BCUT2D eigenvalue weighted by Crippen LogP contribution is -2.10. The van der Waals surface area contributed by atoms with E-state index in [0.717, 1.165) is 6.07 Å². The van der Waals surface area contributed by atoms with E-state index in [1.54, 1.807) is 6.07 Å². The van der Waals surface area contributed by atoms with Gasteiger partial charge < -0.3 is 0 Å². The van der Waals surface area contributed by atoms with Gasteiger partial charge in [-0.1, -0.05) is 46.3 Å². The first-order chi connectivity index (χ1) is 8.89. The van der Waals surface area contributed by atoms with Gasteiger partial charge in [-0.3, -0.25) is 0 Å². The van der Waals surface area contributed by atoms with Crippen LogP contribution >= 0.6 is 15.9 Å². The van der Waals surface area contributed by atoms with Gasteiger partial charge in [0.15, 0.2) is 0 Å². The van der Waals surface area contributed by atoms with E-state index in [1.807, 2.05) is 0 Å². The number of rotatable bonds is 2. The van der Waals surface area contributed by atoms with Crippen molar-refractivity contribution in [3.8, 4) is 0 Å². The molecule has 0 bridgehead atoms. The van der Waals surface area contributed by atoms with E-state index < -0.39 is 22.4 Å². The second-order valence-electron chi connectivity index (χ2n) is 4.00. The van der Waals surface area contributed by atoms with Crippen molar-refractivity contribution in [3.05, 3.63) is 71.0 Å². The Labute approximate surface area is 116 Å². The Morgan fingerprint density at radius 3 is 2.05 bits per heavy atom. The van der Waals surface area contributed by atoms with E-state index in [0.29, 0.717) is 5.56 Å². The maximum atomic E-state index is 12.9. The molecule has 0 aliphatic heterocycles. The smallest absolute Gasteiger partial charge is 0.207 e. The molecule has 2 aromatic rings. The summed E-state index contributed by atoms with van der Waals surface area (Å²) in [7, 11) is 0. The number of benzene rings is 2. The summed E-state index contributed by atoms with van der Waals surface area (Å²) in [5.74, 6) is -0.424. The van der Waals surface area contributed by atoms with Crippen LogP contribution in [-0.2, 0) is 6.18 Å². The third-order valence-electron chi connectivity index (χ3n) is 2.70. The molecule has 5 heteroatoms. The molecule has 0 amide bonds. The third kappa shape index (κ3) is 3.15. The molecule has 2 aromatic carbocycles.